The van der Waals surface area contributed by atoms with Crippen molar-refractivity contribution >= 4 is 11.6 Å². The van der Waals surface area contributed by atoms with Gasteiger partial charge in [-0.05, 0) is 36.4 Å². The lowest BCUT2D eigenvalue weighted by atomic mass is 10.2. The highest BCUT2D eigenvalue weighted by molar-refractivity contribution is 6.31. The fraction of sp³-hybridized carbons (Fsp3) is 0.0769. The van der Waals surface area contributed by atoms with Crippen LogP contribution in [0.15, 0.2) is 42.5 Å². The quantitative estimate of drug-likeness (QED) is 0.751. The fourth-order valence-corrected chi connectivity index (χ4v) is 1.59. The third kappa shape index (κ3) is 2.96. The highest BCUT2D eigenvalue weighted by Gasteiger charge is 2.33. The van der Waals surface area contributed by atoms with Gasteiger partial charge in [-0.3, -0.25) is 0 Å². The van der Waals surface area contributed by atoms with Crippen molar-refractivity contribution in [3.05, 3.63) is 59.1 Å². The molecule has 93 valence electrons. The van der Waals surface area contributed by atoms with Gasteiger partial charge in [0, 0.05) is 0 Å². The molecule has 2 aromatic carbocycles. The van der Waals surface area contributed by atoms with Crippen LogP contribution in [-0.4, -0.2) is 0 Å². The van der Waals surface area contributed by atoms with E-state index < -0.39 is 11.7 Å². The molecule has 0 aliphatic carbocycles. The van der Waals surface area contributed by atoms with Crippen molar-refractivity contribution in [2.24, 2.45) is 0 Å². The lowest BCUT2D eigenvalue weighted by molar-refractivity contribution is -0.137. The maximum Gasteiger partial charge on any atom is 0.417 e. The van der Waals surface area contributed by atoms with Gasteiger partial charge in [0.25, 0.3) is 0 Å². The van der Waals surface area contributed by atoms with Gasteiger partial charge < -0.3 is 4.74 Å². The van der Waals surface area contributed by atoms with Gasteiger partial charge in [-0.2, -0.15) is 13.2 Å². The minimum atomic E-state index is -4.50. The van der Waals surface area contributed by atoms with Crippen molar-refractivity contribution in [1.29, 1.82) is 0 Å². The first-order valence-electron chi connectivity index (χ1n) is 4.97. The zero-order valence-electron chi connectivity index (χ0n) is 8.96. The molecule has 0 spiro atoms. The molecule has 0 saturated heterocycles. The molecule has 0 N–H and O–H groups in total. The van der Waals surface area contributed by atoms with Crippen LogP contribution in [0.5, 0.6) is 11.5 Å². The monoisotopic (exact) mass is 271 g/mol. The molecule has 2 aromatic rings. The Kier molecular flexibility index (Phi) is 3.48. The van der Waals surface area contributed by atoms with Crippen LogP contribution in [0.1, 0.15) is 5.56 Å². The van der Waals surface area contributed by atoms with E-state index in [1.165, 1.54) is 6.07 Å². The van der Waals surface area contributed by atoms with E-state index in [0.717, 1.165) is 12.1 Å². The maximum atomic E-state index is 12.6. The van der Waals surface area contributed by atoms with Gasteiger partial charge in [-0.15, -0.1) is 0 Å². The van der Waals surface area contributed by atoms with Gasteiger partial charge in [0.1, 0.15) is 11.5 Å². The number of benzene rings is 2. The molecule has 0 atom stereocenters. The van der Waals surface area contributed by atoms with E-state index in [2.05, 4.69) is 6.07 Å². The molecule has 0 saturated carbocycles. The average Bonchev–Trinajstić information content (AvgIpc) is 2.31. The van der Waals surface area contributed by atoms with Crippen LogP contribution in [0.25, 0.3) is 0 Å². The van der Waals surface area contributed by atoms with Gasteiger partial charge in [0.15, 0.2) is 0 Å². The number of hydrogen-bond donors (Lipinski definition) is 0. The Hall–Kier alpha value is -1.68. The summed E-state index contributed by atoms with van der Waals surface area (Å²) < 4.78 is 43.2. The minimum absolute atomic E-state index is 0.0814. The van der Waals surface area contributed by atoms with Crippen molar-refractivity contribution in [2.75, 3.05) is 0 Å². The highest BCUT2D eigenvalue weighted by Crippen LogP contribution is 2.37. The van der Waals surface area contributed by atoms with Crippen LogP contribution in [0.2, 0.25) is 5.02 Å². The Balaban J connectivity index is 2.31. The van der Waals surface area contributed by atoms with Gasteiger partial charge >= 0.3 is 6.18 Å². The Morgan fingerprint density at radius 1 is 1.00 bits per heavy atom. The third-order valence-electron chi connectivity index (χ3n) is 2.17. The topological polar surface area (TPSA) is 9.23 Å². The van der Waals surface area contributed by atoms with Crippen molar-refractivity contribution in [2.45, 2.75) is 6.18 Å². The molecular formula is C13H7ClF3O. The molecule has 0 aliphatic heterocycles. The number of rotatable bonds is 2. The molecule has 0 unspecified atom stereocenters. The highest BCUT2D eigenvalue weighted by atomic mass is 35.5. The first-order valence-corrected chi connectivity index (χ1v) is 5.35. The predicted octanol–water partition coefficient (Wildman–Crippen LogP) is 4.95. The van der Waals surface area contributed by atoms with Crippen molar-refractivity contribution in [3.63, 3.8) is 0 Å². The number of alkyl halides is 3. The summed E-state index contributed by atoms with van der Waals surface area (Å²) in [5.41, 5.74) is -0.913. The van der Waals surface area contributed by atoms with Crippen LogP contribution in [0, 0.1) is 6.07 Å². The molecular weight excluding hydrogens is 265 g/mol. The number of halogens is 4. The first-order chi connectivity index (χ1) is 8.47. The molecule has 0 bridgehead atoms. The summed E-state index contributed by atoms with van der Waals surface area (Å²) >= 11 is 5.50. The van der Waals surface area contributed by atoms with Crippen LogP contribution >= 0.6 is 11.6 Å². The van der Waals surface area contributed by atoms with Gasteiger partial charge in [-0.25, -0.2) is 0 Å². The van der Waals surface area contributed by atoms with Crippen LogP contribution in [0.3, 0.4) is 0 Å². The molecule has 1 nitrogen and oxygen atoms in total. The summed E-state index contributed by atoms with van der Waals surface area (Å²) in [6.45, 7) is 0. The SMILES string of the molecule is FC(F)(F)c1cc(Oc2cc[c]cc2)ccc1Cl. The summed E-state index contributed by atoms with van der Waals surface area (Å²) in [7, 11) is 0. The molecule has 18 heavy (non-hydrogen) atoms. The molecule has 0 amide bonds. The number of hydrogen-bond acceptors (Lipinski definition) is 1. The minimum Gasteiger partial charge on any atom is -0.457 e. The molecule has 0 aromatic heterocycles. The van der Waals surface area contributed by atoms with Crippen LogP contribution in [-0.2, 0) is 6.18 Å². The van der Waals surface area contributed by atoms with Gasteiger partial charge in [0.05, 0.1) is 10.6 Å². The Morgan fingerprint density at radius 3 is 2.28 bits per heavy atom. The van der Waals surface area contributed by atoms with Crippen LogP contribution < -0.4 is 4.74 Å². The van der Waals surface area contributed by atoms with Crippen molar-refractivity contribution in [1.82, 2.24) is 0 Å². The maximum absolute atomic E-state index is 12.6. The van der Waals surface area contributed by atoms with Crippen molar-refractivity contribution in [3.8, 4) is 11.5 Å². The van der Waals surface area contributed by atoms with E-state index in [0.29, 0.717) is 5.75 Å². The largest absolute Gasteiger partial charge is 0.457 e. The predicted molar refractivity (Wildman–Crippen MR) is 61.8 cm³/mol. The molecule has 0 fully saturated rings. The summed E-state index contributed by atoms with van der Waals surface area (Å²) in [6, 6.07) is 12.6. The Labute approximate surface area is 107 Å². The second-order valence-corrected chi connectivity index (χ2v) is 3.88. The summed E-state index contributed by atoms with van der Waals surface area (Å²) in [6.07, 6.45) is -4.50. The zero-order chi connectivity index (χ0) is 13.2. The summed E-state index contributed by atoms with van der Waals surface area (Å²) in [4.78, 5) is 0. The van der Waals surface area contributed by atoms with E-state index in [-0.39, 0.29) is 10.8 Å². The molecule has 2 rings (SSSR count). The summed E-state index contributed by atoms with van der Waals surface area (Å²) in [5, 5.41) is -0.351. The normalized spacial score (nSPS) is 11.3. The standard InChI is InChI=1S/C13H7ClF3O/c14-12-7-6-10(8-11(12)13(15,16)17)18-9-4-2-1-3-5-9/h2-8H. The lowest BCUT2D eigenvalue weighted by Crippen LogP contribution is -2.05. The van der Waals surface area contributed by atoms with E-state index in [1.807, 2.05) is 0 Å². The molecule has 5 heteroatoms. The Morgan fingerprint density at radius 2 is 1.67 bits per heavy atom. The first kappa shape index (κ1) is 12.8. The van der Waals surface area contributed by atoms with E-state index >= 15 is 0 Å². The lowest BCUT2D eigenvalue weighted by Gasteiger charge is -2.11. The van der Waals surface area contributed by atoms with Crippen LogP contribution in [0.4, 0.5) is 13.2 Å². The fourth-order valence-electron chi connectivity index (χ4n) is 1.36. The van der Waals surface area contributed by atoms with Gasteiger partial charge in [0.2, 0.25) is 0 Å². The third-order valence-corrected chi connectivity index (χ3v) is 2.50. The van der Waals surface area contributed by atoms with E-state index in [1.54, 1.807) is 24.3 Å². The van der Waals surface area contributed by atoms with Gasteiger partial charge in [-0.1, -0.05) is 23.7 Å². The second kappa shape index (κ2) is 4.90. The number of ether oxygens (including phenoxy) is 1. The second-order valence-electron chi connectivity index (χ2n) is 3.48. The molecule has 0 aliphatic rings. The van der Waals surface area contributed by atoms with Crippen molar-refractivity contribution < 1.29 is 17.9 Å². The average molecular weight is 272 g/mol. The molecule has 1 radical (unpaired) electrons. The Bertz CT molecular complexity index is 538. The summed E-state index contributed by atoms with van der Waals surface area (Å²) in [5.74, 6) is 0.516. The molecule has 0 heterocycles. The zero-order valence-corrected chi connectivity index (χ0v) is 9.72. The smallest absolute Gasteiger partial charge is 0.417 e. The van der Waals surface area contributed by atoms with E-state index in [9.17, 15) is 13.2 Å². The van der Waals surface area contributed by atoms with E-state index in [4.69, 9.17) is 16.3 Å².